The van der Waals surface area contributed by atoms with Crippen LogP contribution in [-0.4, -0.2) is 0 Å². The molecule has 0 atom stereocenters. The van der Waals surface area contributed by atoms with Crippen molar-refractivity contribution in [2.75, 3.05) is 0 Å². The van der Waals surface area contributed by atoms with E-state index < -0.39 is 0 Å². The number of allylic oxidation sites excluding steroid dienone is 1. The number of hydrogen-bond donors (Lipinski definition) is 0. The molecule has 0 radical (unpaired) electrons. The van der Waals surface area contributed by atoms with E-state index in [1.54, 1.807) is 0 Å². The highest BCUT2D eigenvalue weighted by Crippen LogP contribution is 2.52. The van der Waals surface area contributed by atoms with Crippen LogP contribution >= 0.6 is 11.3 Å². The molecule has 2 aliphatic rings. The molecule has 12 rings (SSSR count). The minimum absolute atomic E-state index is 0.0154. The maximum absolute atomic E-state index is 6.31. The molecule has 0 saturated heterocycles. The molecule has 0 amide bonds. The van der Waals surface area contributed by atoms with Crippen LogP contribution in [0.1, 0.15) is 42.7 Å². The lowest BCUT2D eigenvalue weighted by Gasteiger charge is -2.22. The summed E-state index contributed by atoms with van der Waals surface area (Å²) in [5.41, 5.74) is 13.0. The number of benzene rings is 8. The third-order valence-corrected chi connectivity index (χ3v) is 13.5. The van der Waals surface area contributed by atoms with Gasteiger partial charge in [-0.15, -0.1) is 11.3 Å². The fourth-order valence-corrected chi connectivity index (χ4v) is 11.1. The minimum Gasteiger partial charge on any atom is -0.456 e. The Kier molecular flexibility index (Phi) is 5.90. The molecule has 2 aromatic heterocycles. The molecule has 0 saturated carbocycles. The molecule has 0 N–H and O–H groups in total. The lowest BCUT2D eigenvalue weighted by Crippen LogP contribution is -2.14. The highest BCUT2D eigenvalue weighted by Gasteiger charge is 2.35. The van der Waals surface area contributed by atoms with Crippen LogP contribution in [0.4, 0.5) is 0 Å². The maximum Gasteiger partial charge on any atom is 0.135 e. The molecular weight excluding hydrogens is 661 g/mol. The van der Waals surface area contributed by atoms with Crippen molar-refractivity contribution in [2.24, 2.45) is 0 Å². The molecule has 0 aliphatic heterocycles. The molecular formula is C51H34OS. The van der Waals surface area contributed by atoms with E-state index in [1.807, 2.05) is 11.3 Å². The number of rotatable bonds is 2. The summed E-state index contributed by atoms with van der Waals surface area (Å²) in [6.45, 7) is 4.71. The third-order valence-electron chi connectivity index (χ3n) is 12.3. The van der Waals surface area contributed by atoms with Gasteiger partial charge in [0, 0.05) is 36.5 Å². The predicted molar refractivity (Wildman–Crippen MR) is 227 cm³/mol. The van der Waals surface area contributed by atoms with Gasteiger partial charge in [-0.3, -0.25) is 0 Å². The second kappa shape index (κ2) is 10.6. The smallest absolute Gasteiger partial charge is 0.135 e. The van der Waals surface area contributed by atoms with Gasteiger partial charge in [-0.25, -0.2) is 0 Å². The van der Waals surface area contributed by atoms with Crippen LogP contribution in [-0.2, 0) is 11.8 Å². The van der Waals surface area contributed by atoms with Gasteiger partial charge in [0.25, 0.3) is 0 Å². The normalized spacial score (nSPS) is 14.5. The fourth-order valence-electron chi connectivity index (χ4n) is 9.94. The van der Waals surface area contributed by atoms with Crippen molar-refractivity contribution >= 4 is 80.9 Å². The van der Waals surface area contributed by atoms with E-state index in [2.05, 4.69) is 159 Å². The van der Waals surface area contributed by atoms with E-state index in [-0.39, 0.29) is 5.41 Å². The van der Waals surface area contributed by atoms with Crippen molar-refractivity contribution in [3.05, 3.63) is 162 Å². The largest absolute Gasteiger partial charge is 0.456 e. The number of furan rings is 1. The highest BCUT2D eigenvalue weighted by atomic mass is 32.1. The minimum atomic E-state index is -0.0154. The van der Waals surface area contributed by atoms with Gasteiger partial charge in [-0.05, 0) is 126 Å². The summed E-state index contributed by atoms with van der Waals surface area (Å²) < 4.78 is 8.95. The second-order valence-electron chi connectivity index (χ2n) is 15.4. The van der Waals surface area contributed by atoms with E-state index >= 15 is 0 Å². The van der Waals surface area contributed by atoms with Gasteiger partial charge in [-0.1, -0.05) is 123 Å². The lowest BCUT2D eigenvalue weighted by atomic mass is 9.81. The molecule has 8 aromatic carbocycles. The van der Waals surface area contributed by atoms with Crippen molar-refractivity contribution < 1.29 is 4.42 Å². The average Bonchev–Trinajstić information content (AvgIpc) is 3.84. The van der Waals surface area contributed by atoms with Crippen LogP contribution in [0, 0.1) is 0 Å². The Hall–Kier alpha value is -5.96. The molecule has 0 bridgehead atoms. The van der Waals surface area contributed by atoms with E-state index in [4.69, 9.17) is 4.42 Å². The Labute approximate surface area is 311 Å². The molecule has 0 fully saturated rings. The molecule has 1 nitrogen and oxygen atoms in total. The first-order chi connectivity index (χ1) is 26.0. The van der Waals surface area contributed by atoms with Crippen molar-refractivity contribution in [3.8, 4) is 33.4 Å². The number of fused-ring (bicyclic) bond motifs is 14. The summed E-state index contributed by atoms with van der Waals surface area (Å²) in [5, 5.41) is 11.7. The number of thiophene rings is 1. The van der Waals surface area contributed by atoms with Crippen molar-refractivity contribution in [2.45, 2.75) is 32.1 Å². The summed E-state index contributed by atoms with van der Waals surface area (Å²) in [6, 6.07) is 50.5. The first-order valence-corrected chi connectivity index (χ1v) is 19.5. The topological polar surface area (TPSA) is 13.1 Å². The Morgan fingerprint density at radius 1 is 0.528 bits per heavy atom. The highest BCUT2D eigenvalue weighted by molar-refractivity contribution is 7.26. The van der Waals surface area contributed by atoms with Gasteiger partial charge >= 0.3 is 0 Å². The molecule has 2 heteroatoms. The molecule has 2 heterocycles. The summed E-state index contributed by atoms with van der Waals surface area (Å²) in [4.78, 5) is 0. The average molecular weight is 695 g/mol. The molecule has 53 heavy (non-hydrogen) atoms. The molecule has 2 aliphatic carbocycles. The van der Waals surface area contributed by atoms with Crippen molar-refractivity contribution in [1.82, 2.24) is 0 Å². The van der Waals surface area contributed by atoms with Gasteiger partial charge < -0.3 is 4.42 Å². The zero-order chi connectivity index (χ0) is 35.0. The SMILES string of the molecule is CC1(C)c2ccccc2-c2cc(-c3c4ccccc4c(-c4ccc5c(c4)sc4ccc6c(ccc7oc8c(c76)CCC=C8)c45)c4ccccc34)ccc21. The van der Waals surface area contributed by atoms with Gasteiger partial charge in [0.05, 0.1) is 0 Å². The van der Waals surface area contributed by atoms with Crippen molar-refractivity contribution in [1.29, 1.82) is 0 Å². The van der Waals surface area contributed by atoms with Gasteiger partial charge in [0.15, 0.2) is 0 Å². The molecule has 250 valence electrons. The van der Waals surface area contributed by atoms with E-state index in [0.29, 0.717) is 0 Å². The predicted octanol–water partition coefficient (Wildman–Crippen LogP) is 14.9. The van der Waals surface area contributed by atoms with Crippen LogP contribution in [0.2, 0.25) is 0 Å². The Morgan fingerprint density at radius 3 is 1.92 bits per heavy atom. The summed E-state index contributed by atoms with van der Waals surface area (Å²) in [5.74, 6) is 1.02. The molecule has 0 spiro atoms. The van der Waals surface area contributed by atoms with Crippen LogP contribution in [0.25, 0.3) is 103 Å². The maximum atomic E-state index is 6.31. The van der Waals surface area contributed by atoms with E-state index in [1.165, 1.54) is 108 Å². The van der Waals surface area contributed by atoms with Gasteiger partial charge in [-0.2, -0.15) is 0 Å². The standard InChI is InChI=1S/C51H34OS/c1-51(2)41-17-9-7-11-31(41)40-27-29(20-24-42(40)51)47-32-12-3-5-14-34(32)48(35-15-6-4-13-33(35)47)30-19-21-39-46(28-30)53-45-26-23-36-37(50(39)45)22-25-44-49(36)38-16-8-10-18-43(38)52-44/h3-7,9-15,17-28H,8,16H2,1-2H3. The summed E-state index contributed by atoms with van der Waals surface area (Å²) >= 11 is 1.90. The third kappa shape index (κ3) is 3.97. The Balaban J connectivity index is 1.08. The number of aryl methyl sites for hydroxylation is 1. The Bertz CT molecular complexity index is 3200. The first-order valence-electron chi connectivity index (χ1n) is 18.7. The van der Waals surface area contributed by atoms with Crippen LogP contribution in [0.5, 0.6) is 0 Å². The summed E-state index contributed by atoms with van der Waals surface area (Å²) in [7, 11) is 0. The van der Waals surface area contributed by atoms with E-state index in [0.717, 1.165) is 24.2 Å². The van der Waals surface area contributed by atoms with Crippen LogP contribution < -0.4 is 0 Å². The van der Waals surface area contributed by atoms with Gasteiger partial charge in [0.2, 0.25) is 0 Å². The zero-order valence-corrected chi connectivity index (χ0v) is 30.4. The molecule has 0 unspecified atom stereocenters. The first kappa shape index (κ1) is 29.6. The molecule has 10 aromatic rings. The lowest BCUT2D eigenvalue weighted by molar-refractivity contribution is 0.595. The van der Waals surface area contributed by atoms with Crippen molar-refractivity contribution in [3.63, 3.8) is 0 Å². The zero-order valence-electron chi connectivity index (χ0n) is 29.6. The van der Waals surface area contributed by atoms with Gasteiger partial charge in [0.1, 0.15) is 11.3 Å². The van der Waals surface area contributed by atoms with Crippen LogP contribution in [0.3, 0.4) is 0 Å². The monoisotopic (exact) mass is 694 g/mol. The van der Waals surface area contributed by atoms with E-state index in [9.17, 15) is 0 Å². The Morgan fingerprint density at radius 2 is 1.15 bits per heavy atom. The second-order valence-corrected chi connectivity index (χ2v) is 16.5. The fraction of sp³-hybridized carbons (Fsp3) is 0.0980. The summed E-state index contributed by atoms with van der Waals surface area (Å²) in [6.07, 6.45) is 6.47. The van der Waals surface area contributed by atoms with Crippen LogP contribution in [0.15, 0.2) is 144 Å². The number of hydrogen-bond acceptors (Lipinski definition) is 2. The quantitative estimate of drug-likeness (QED) is 0.164.